The summed E-state index contributed by atoms with van der Waals surface area (Å²) in [6.07, 6.45) is 0. The molecule has 0 aliphatic heterocycles. The minimum atomic E-state index is -6.50. The summed E-state index contributed by atoms with van der Waals surface area (Å²) < 4.78 is 220. The van der Waals surface area contributed by atoms with E-state index in [1.54, 1.807) is 57.7 Å². The van der Waals surface area contributed by atoms with Crippen molar-refractivity contribution < 1.29 is 31.5 Å². The molecule has 9 aromatic carbocycles. The van der Waals surface area contributed by atoms with Crippen molar-refractivity contribution in [3.8, 4) is 34.4 Å². The van der Waals surface area contributed by atoms with Crippen LogP contribution in [0.2, 0.25) is 0 Å². The van der Waals surface area contributed by atoms with E-state index in [2.05, 4.69) is 0 Å². The van der Waals surface area contributed by atoms with E-state index in [1.165, 1.54) is 0 Å². The van der Waals surface area contributed by atoms with E-state index in [0.29, 0.717) is 22.1 Å². The van der Waals surface area contributed by atoms with Gasteiger partial charge in [0, 0.05) is 27.1 Å². The average molecular weight is 845 g/mol. The standard InChI is InChI=1S/C57H39N5Si/c1-4-20-40(21-5-1)41-22-18-28-45(38-41)63(43-24-6-2-7-25-43,44-26-8-3-9-27-44)46-29-19-23-42(39-46)55-58-56(61-51-34-14-10-30-47(51)48-31-11-15-35-52(48)61)60-57(59-55)62-53-36-16-12-32-49(53)50-33-13-17-37-54(50)62/h1-39H/i1D,2D,3D,4D,5D,6D,7D,8D,9D,18D,19D,20D,21D,22D,23D,24D,25D,26D,27D,28D,29D,38D,39D. The number of rotatable bonds is 8. The molecule has 12 rings (SSSR count). The zero-order valence-corrected chi connectivity index (χ0v) is 33.5. The Labute approximate surface area is 398 Å². The molecule has 63 heavy (non-hydrogen) atoms. The lowest BCUT2D eigenvalue weighted by Gasteiger charge is -2.35. The maximum absolute atomic E-state index is 10.7. The molecule has 0 aliphatic carbocycles. The second kappa shape index (κ2) is 15.1. The Balaban J connectivity index is 1.35. The lowest BCUT2D eigenvalue weighted by atomic mass is 10.1. The van der Waals surface area contributed by atoms with Crippen molar-refractivity contribution in [1.82, 2.24) is 24.1 Å². The number of aromatic nitrogens is 5. The minimum absolute atomic E-state index is 0.138. The summed E-state index contributed by atoms with van der Waals surface area (Å²) in [5, 5.41) is -1.37. The van der Waals surface area contributed by atoms with Crippen molar-refractivity contribution >= 4 is 72.4 Å². The highest BCUT2D eigenvalue weighted by Crippen LogP contribution is 2.34. The van der Waals surface area contributed by atoms with Crippen molar-refractivity contribution in [3.05, 3.63) is 236 Å². The maximum Gasteiger partial charge on any atom is 0.240 e. The first kappa shape index (κ1) is 20.1. The van der Waals surface area contributed by atoms with Gasteiger partial charge in [-0.3, -0.25) is 9.13 Å². The van der Waals surface area contributed by atoms with Crippen LogP contribution in [0.4, 0.5) is 0 Å². The van der Waals surface area contributed by atoms with Gasteiger partial charge in [-0.05, 0) is 56.1 Å². The van der Waals surface area contributed by atoms with Gasteiger partial charge in [0.15, 0.2) is 13.9 Å². The highest BCUT2D eigenvalue weighted by atomic mass is 28.3. The highest BCUT2D eigenvalue weighted by Gasteiger charge is 2.42. The van der Waals surface area contributed by atoms with Gasteiger partial charge in [0.25, 0.3) is 0 Å². The number of nitrogens with zero attached hydrogens (tertiary/aromatic N) is 5. The smallest absolute Gasteiger partial charge is 0.240 e. The van der Waals surface area contributed by atoms with Crippen LogP contribution in [0.15, 0.2) is 236 Å². The summed E-state index contributed by atoms with van der Waals surface area (Å²) >= 11 is 0. The Morgan fingerprint density at radius 2 is 0.683 bits per heavy atom. The summed E-state index contributed by atoms with van der Waals surface area (Å²) in [6.45, 7) is 0. The Morgan fingerprint density at radius 1 is 0.333 bits per heavy atom. The van der Waals surface area contributed by atoms with Crippen LogP contribution >= 0.6 is 0 Å². The molecule has 5 nitrogen and oxygen atoms in total. The van der Waals surface area contributed by atoms with E-state index in [9.17, 15) is 16.4 Å². The molecule has 0 radical (unpaired) electrons. The van der Waals surface area contributed by atoms with E-state index >= 15 is 0 Å². The third-order valence-electron chi connectivity index (χ3n) is 10.9. The van der Waals surface area contributed by atoms with Crippen molar-refractivity contribution in [2.24, 2.45) is 0 Å². The van der Waals surface area contributed by atoms with Crippen molar-refractivity contribution in [2.75, 3.05) is 0 Å². The van der Waals surface area contributed by atoms with Crippen LogP contribution in [0.3, 0.4) is 0 Å². The van der Waals surface area contributed by atoms with E-state index < -0.39 is 190 Å². The molecule has 12 aromatic rings. The molecule has 0 fully saturated rings. The van der Waals surface area contributed by atoms with Gasteiger partial charge in [-0.1, -0.05) is 212 Å². The van der Waals surface area contributed by atoms with Crippen LogP contribution in [-0.2, 0) is 0 Å². The quantitative estimate of drug-likeness (QED) is 0.113. The zero-order chi connectivity index (χ0) is 61.8. The third-order valence-corrected chi connectivity index (χ3v) is 14.9. The van der Waals surface area contributed by atoms with Crippen LogP contribution in [-0.4, -0.2) is 32.2 Å². The fourth-order valence-electron chi connectivity index (χ4n) is 8.24. The number of hydrogen-bond donors (Lipinski definition) is 0. The number of para-hydroxylation sites is 4. The van der Waals surface area contributed by atoms with Crippen LogP contribution < -0.4 is 20.7 Å². The van der Waals surface area contributed by atoms with Crippen LogP contribution in [0.5, 0.6) is 0 Å². The lowest BCUT2D eigenvalue weighted by molar-refractivity contribution is 0.893. The molecule has 0 saturated heterocycles. The first-order valence-electron chi connectivity index (χ1n) is 31.0. The fraction of sp³-hybridized carbons (Fsp3) is 0. The van der Waals surface area contributed by atoms with Crippen LogP contribution in [0.25, 0.3) is 78.0 Å². The largest absolute Gasteiger partial charge is 0.278 e. The van der Waals surface area contributed by atoms with Crippen molar-refractivity contribution in [3.63, 3.8) is 0 Å². The van der Waals surface area contributed by atoms with E-state index in [0.717, 1.165) is 21.5 Å². The summed E-state index contributed by atoms with van der Waals surface area (Å²) in [6, 6.07) is 3.28. The summed E-state index contributed by atoms with van der Waals surface area (Å²) in [5.41, 5.74) is -0.392. The average Bonchev–Trinajstić information content (AvgIpc) is 0.880. The summed E-state index contributed by atoms with van der Waals surface area (Å²) in [5.74, 6) is -0.857. The van der Waals surface area contributed by atoms with Gasteiger partial charge in [0.1, 0.15) is 0 Å². The summed E-state index contributed by atoms with van der Waals surface area (Å²) in [7, 11) is -6.50. The molecule has 0 amide bonds. The fourth-order valence-corrected chi connectivity index (χ4v) is 11.9. The molecule has 3 aromatic heterocycles. The SMILES string of the molecule is [2H]c1c([2H])c([2H])c(-c2c([2H])c([2H])c([2H])c([Si](c3c([2H])c([2H])c([2H])c([2H])c3[2H])(c3c([2H])c([2H])c([2H])c([2H])c3[2H])c3c([2H])c([2H])c([2H])c(-c4nc(-n5c6ccccc6c6ccccc65)nc(-n5c6ccccc6c6ccccc65)n4)c3[2H])c2[2H])c([2H])c1[2H]. The molecular formula is C57H39N5Si. The van der Waals surface area contributed by atoms with Crippen molar-refractivity contribution in [2.45, 2.75) is 0 Å². The predicted octanol–water partition coefficient (Wildman–Crippen LogP) is 10.8. The van der Waals surface area contributed by atoms with E-state index in [4.69, 9.17) is 30.0 Å². The second-order valence-electron chi connectivity index (χ2n) is 14.2. The first-order valence-corrected chi connectivity index (χ1v) is 21.5. The molecule has 0 unspecified atom stereocenters. The van der Waals surface area contributed by atoms with E-state index in [1.807, 2.05) is 48.5 Å². The Kier molecular flexibility index (Phi) is 4.81. The number of benzene rings is 9. The van der Waals surface area contributed by atoms with Gasteiger partial charge in [-0.25, -0.2) is 0 Å². The van der Waals surface area contributed by atoms with Gasteiger partial charge in [0.05, 0.1) is 53.6 Å². The topological polar surface area (TPSA) is 48.5 Å². The molecule has 0 spiro atoms. The lowest BCUT2D eigenvalue weighted by Crippen LogP contribution is -2.74. The molecular weight excluding hydrogens is 783 g/mol. The van der Waals surface area contributed by atoms with Crippen LogP contribution in [0.1, 0.15) is 31.5 Å². The molecule has 296 valence electrons. The normalized spacial score (nSPS) is 16.9. The van der Waals surface area contributed by atoms with Gasteiger partial charge in [-0.2, -0.15) is 15.0 Å². The molecule has 0 bridgehead atoms. The number of hydrogen-bond acceptors (Lipinski definition) is 3. The molecule has 0 saturated carbocycles. The van der Waals surface area contributed by atoms with Gasteiger partial charge >= 0.3 is 0 Å². The molecule has 0 aliphatic rings. The van der Waals surface area contributed by atoms with Gasteiger partial charge in [-0.15, -0.1) is 0 Å². The minimum Gasteiger partial charge on any atom is -0.278 e. The van der Waals surface area contributed by atoms with Crippen molar-refractivity contribution in [1.29, 1.82) is 0 Å². The first-order chi connectivity index (χ1) is 40.8. The van der Waals surface area contributed by atoms with Gasteiger partial charge < -0.3 is 0 Å². The Hall–Kier alpha value is -8.19. The monoisotopic (exact) mass is 844 g/mol. The maximum atomic E-state index is 10.7. The second-order valence-corrected chi connectivity index (χ2v) is 17.7. The molecule has 3 heterocycles. The molecule has 6 heteroatoms. The highest BCUT2D eigenvalue weighted by molar-refractivity contribution is 7.20. The Bertz CT molecular complexity index is 4630. The zero-order valence-electron chi connectivity index (χ0n) is 55.5. The van der Waals surface area contributed by atoms with Gasteiger partial charge in [0.2, 0.25) is 11.9 Å². The van der Waals surface area contributed by atoms with E-state index in [-0.39, 0.29) is 11.9 Å². The third kappa shape index (κ3) is 5.95. The predicted molar refractivity (Wildman–Crippen MR) is 263 cm³/mol. The molecule has 0 atom stereocenters. The number of fused-ring (bicyclic) bond motifs is 6. The van der Waals surface area contributed by atoms with Crippen LogP contribution in [0, 0.1) is 0 Å². The Morgan fingerprint density at radius 3 is 1.13 bits per heavy atom. The molecule has 0 N–H and O–H groups in total. The summed E-state index contributed by atoms with van der Waals surface area (Å²) in [4.78, 5) is 15.1.